The minimum atomic E-state index is -4.46. The molecule has 40 heavy (non-hydrogen) atoms. The number of halogens is 3. The van der Waals surface area contributed by atoms with E-state index in [2.05, 4.69) is 20.7 Å². The van der Waals surface area contributed by atoms with Gasteiger partial charge in [0, 0.05) is 30.0 Å². The molecule has 13 heteroatoms. The van der Waals surface area contributed by atoms with Crippen LogP contribution in [0.1, 0.15) is 18.4 Å². The summed E-state index contributed by atoms with van der Waals surface area (Å²) in [6, 6.07) is 13.1. The highest BCUT2D eigenvalue weighted by molar-refractivity contribution is 6.00. The van der Waals surface area contributed by atoms with Crippen LogP contribution in [0, 0.1) is 0 Å². The Morgan fingerprint density at radius 3 is 2.45 bits per heavy atom. The Morgan fingerprint density at radius 1 is 1.02 bits per heavy atom. The van der Waals surface area contributed by atoms with E-state index in [9.17, 15) is 23.1 Å². The number of nitrogens with zero attached hydrogens (tertiary/aromatic N) is 5. The molecule has 2 aliphatic heterocycles. The van der Waals surface area contributed by atoms with Gasteiger partial charge in [-0.3, -0.25) is 0 Å². The maximum atomic E-state index is 13.3. The van der Waals surface area contributed by atoms with Crippen molar-refractivity contribution in [3.8, 4) is 11.4 Å². The minimum absolute atomic E-state index is 0.0556. The molecule has 2 atom stereocenters. The second-order valence-electron chi connectivity index (χ2n) is 9.90. The number of urea groups is 1. The van der Waals surface area contributed by atoms with Gasteiger partial charge in [-0.2, -0.15) is 18.3 Å². The first-order valence-corrected chi connectivity index (χ1v) is 12.8. The number of amides is 2. The molecule has 208 valence electrons. The SMILES string of the molecule is O=C(Nc1ccc(-c2nc(N3CC4CCC(C3)O4)c3cnn(CC(F)(F)F)c3n2)cc1)Nc1cccc(CO)c1. The van der Waals surface area contributed by atoms with Crippen LogP contribution in [0.2, 0.25) is 0 Å². The first-order valence-electron chi connectivity index (χ1n) is 12.8. The first-order chi connectivity index (χ1) is 19.2. The summed E-state index contributed by atoms with van der Waals surface area (Å²) in [6.07, 6.45) is -1.09. The zero-order chi connectivity index (χ0) is 27.9. The van der Waals surface area contributed by atoms with Gasteiger partial charge in [0.15, 0.2) is 11.5 Å². The van der Waals surface area contributed by atoms with Crippen LogP contribution in [-0.4, -0.2) is 62.4 Å². The van der Waals surface area contributed by atoms with Crippen LogP contribution in [0.3, 0.4) is 0 Å². The third-order valence-electron chi connectivity index (χ3n) is 6.92. The molecule has 10 nitrogen and oxygen atoms in total. The average Bonchev–Trinajstić information content (AvgIpc) is 3.48. The number of nitrogens with one attached hydrogen (secondary N) is 2. The van der Waals surface area contributed by atoms with Gasteiger partial charge >= 0.3 is 12.2 Å². The van der Waals surface area contributed by atoms with Gasteiger partial charge < -0.3 is 25.4 Å². The number of aromatic nitrogens is 4. The number of aliphatic hydroxyl groups excluding tert-OH is 1. The van der Waals surface area contributed by atoms with E-state index in [0.717, 1.165) is 17.5 Å². The lowest BCUT2D eigenvalue weighted by molar-refractivity contribution is -0.141. The molecule has 2 aliphatic rings. The van der Waals surface area contributed by atoms with Gasteiger partial charge in [-0.25, -0.2) is 19.4 Å². The molecule has 0 saturated carbocycles. The van der Waals surface area contributed by atoms with Gasteiger partial charge in [0.2, 0.25) is 0 Å². The lowest BCUT2D eigenvalue weighted by Crippen LogP contribution is -2.43. The van der Waals surface area contributed by atoms with Crippen molar-refractivity contribution in [2.45, 2.75) is 44.4 Å². The normalized spacial score (nSPS) is 18.8. The van der Waals surface area contributed by atoms with E-state index in [0.29, 0.717) is 46.8 Å². The number of hydrogen-bond donors (Lipinski definition) is 3. The molecular weight excluding hydrogens is 527 g/mol. The number of fused-ring (bicyclic) bond motifs is 3. The second kappa shape index (κ2) is 10.4. The van der Waals surface area contributed by atoms with Crippen molar-refractivity contribution in [3.63, 3.8) is 0 Å². The van der Waals surface area contributed by atoms with E-state index >= 15 is 0 Å². The molecule has 2 amide bonds. The standard InChI is InChI=1S/C27H26F3N7O3/c28-27(29,30)15-37-25-22(11-31-37)24(36-12-20-8-9-21(13-36)40-20)34-23(35-25)17-4-6-18(7-5-17)32-26(39)33-19-3-1-2-16(10-19)14-38/h1-7,10-11,20-21,38H,8-9,12-15H2,(H2,32,33,39). The molecule has 6 rings (SSSR count). The number of morpholine rings is 1. The molecule has 4 heterocycles. The van der Waals surface area contributed by atoms with Crippen LogP contribution in [0.15, 0.2) is 54.7 Å². The van der Waals surface area contributed by atoms with Gasteiger partial charge in [0.05, 0.1) is 30.4 Å². The van der Waals surface area contributed by atoms with Crippen molar-refractivity contribution in [3.05, 3.63) is 60.3 Å². The largest absolute Gasteiger partial charge is 0.408 e. The number of anilines is 3. The summed E-state index contributed by atoms with van der Waals surface area (Å²) in [5, 5.41) is 19.2. The maximum Gasteiger partial charge on any atom is 0.408 e. The molecule has 2 fully saturated rings. The highest BCUT2D eigenvalue weighted by atomic mass is 19.4. The number of alkyl halides is 3. The molecular formula is C27H26F3N7O3. The molecule has 4 aromatic rings. The van der Waals surface area contributed by atoms with Gasteiger partial charge in [0.1, 0.15) is 12.4 Å². The lowest BCUT2D eigenvalue weighted by atomic mass is 10.2. The van der Waals surface area contributed by atoms with E-state index in [-0.39, 0.29) is 30.3 Å². The Morgan fingerprint density at radius 2 is 1.75 bits per heavy atom. The van der Waals surface area contributed by atoms with Crippen LogP contribution in [0.5, 0.6) is 0 Å². The zero-order valence-electron chi connectivity index (χ0n) is 21.2. The number of ether oxygens (including phenoxy) is 1. The van der Waals surface area contributed by atoms with E-state index in [1.54, 1.807) is 48.5 Å². The number of carbonyl (C=O) groups is 1. The topological polar surface area (TPSA) is 117 Å². The molecule has 2 saturated heterocycles. The fraction of sp³-hybridized carbons (Fsp3) is 0.333. The van der Waals surface area contributed by atoms with Crippen molar-refractivity contribution < 1.29 is 27.8 Å². The third kappa shape index (κ3) is 5.56. The van der Waals surface area contributed by atoms with Crippen molar-refractivity contribution in [2.75, 3.05) is 28.6 Å². The summed E-state index contributed by atoms with van der Waals surface area (Å²) in [7, 11) is 0. The fourth-order valence-electron chi connectivity index (χ4n) is 5.13. The first kappa shape index (κ1) is 26.0. The number of hydrogen-bond acceptors (Lipinski definition) is 7. The highest BCUT2D eigenvalue weighted by Crippen LogP contribution is 2.34. The van der Waals surface area contributed by atoms with Gasteiger partial charge in [0.25, 0.3) is 0 Å². The maximum absolute atomic E-state index is 13.3. The van der Waals surface area contributed by atoms with Crippen LogP contribution >= 0.6 is 0 Å². The predicted molar refractivity (Wildman–Crippen MR) is 142 cm³/mol. The summed E-state index contributed by atoms with van der Waals surface area (Å²) in [5.41, 5.74) is 2.36. The summed E-state index contributed by atoms with van der Waals surface area (Å²) in [4.78, 5) is 23.7. The number of aliphatic hydroxyl groups is 1. The Balaban J connectivity index is 1.27. The van der Waals surface area contributed by atoms with Crippen molar-refractivity contribution in [1.29, 1.82) is 0 Å². The molecule has 0 radical (unpaired) electrons. The summed E-state index contributed by atoms with van der Waals surface area (Å²) >= 11 is 0. The lowest BCUT2D eigenvalue weighted by Gasteiger charge is -2.33. The Bertz CT molecular complexity index is 1530. The summed E-state index contributed by atoms with van der Waals surface area (Å²) < 4.78 is 46.6. The smallest absolute Gasteiger partial charge is 0.392 e. The van der Waals surface area contributed by atoms with E-state index in [1.807, 2.05) is 4.90 Å². The fourth-order valence-corrected chi connectivity index (χ4v) is 5.13. The quantitative estimate of drug-likeness (QED) is 0.321. The molecule has 2 bridgehead atoms. The van der Waals surface area contributed by atoms with E-state index in [4.69, 9.17) is 9.72 Å². The van der Waals surface area contributed by atoms with Gasteiger partial charge in [-0.1, -0.05) is 12.1 Å². The van der Waals surface area contributed by atoms with Crippen LogP contribution in [0.4, 0.5) is 35.2 Å². The average molecular weight is 554 g/mol. The van der Waals surface area contributed by atoms with Gasteiger partial charge in [-0.05, 0) is 54.8 Å². The molecule has 0 spiro atoms. The van der Waals surface area contributed by atoms with E-state index in [1.165, 1.54) is 6.20 Å². The molecule has 2 unspecified atom stereocenters. The number of benzene rings is 2. The molecule has 3 N–H and O–H groups in total. The number of rotatable bonds is 6. The summed E-state index contributed by atoms with van der Waals surface area (Å²) in [6.45, 7) is -0.227. The monoisotopic (exact) mass is 553 g/mol. The number of carbonyl (C=O) groups excluding carboxylic acids is 1. The van der Waals surface area contributed by atoms with Gasteiger partial charge in [-0.15, -0.1) is 0 Å². The highest BCUT2D eigenvalue weighted by Gasteiger charge is 2.36. The zero-order valence-corrected chi connectivity index (χ0v) is 21.2. The Labute approximate surface area is 226 Å². The summed E-state index contributed by atoms with van der Waals surface area (Å²) in [5.74, 6) is 0.780. The Hall–Kier alpha value is -4.23. The van der Waals surface area contributed by atoms with E-state index < -0.39 is 18.8 Å². The third-order valence-corrected chi connectivity index (χ3v) is 6.92. The minimum Gasteiger partial charge on any atom is -0.392 e. The van der Waals surface area contributed by atoms with Crippen molar-refractivity contribution >= 4 is 34.3 Å². The molecule has 0 aliphatic carbocycles. The van der Waals surface area contributed by atoms with Crippen LogP contribution < -0.4 is 15.5 Å². The second-order valence-corrected chi connectivity index (χ2v) is 9.90. The van der Waals surface area contributed by atoms with Crippen molar-refractivity contribution in [2.24, 2.45) is 0 Å². The van der Waals surface area contributed by atoms with Crippen molar-refractivity contribution in [1.82, 2.24) is 19.7 Å². The molecule has 2 aromatic heterocycles. The van der Waals surface area contributed by atoms with Crippen LogP contribution in [0.25, 0.3) is 22.4 Å². The Kier molecular flexibility index (Phi) is 6.76. The van der Waals surface area contributed by atoms with Crippen LogP contribution in [-0.2, 0) is 17.9 Å². The predicted octanol–water partition coefficient (Wildman–Crippen LogP) is 4.56. The molecule has 2 aromatic carbocycles.